The quantitative estimate of drug-likeness (QED) is 0.217. The molecule has 0 atom stereocenters. The summed E-state index contributed by atoms with van der Waals surface area (Å²) in [4.78, 5) is 0. The maximum atomic E-state index is 7.74. The second kappa shape index (κ2) is 25.1. The molecule has 0 aliphatic heterocycles. The van der Waals surface area contributed by atoms with Gasteiger partial charge >= 0.3 is 140 Å². The molecule has 5 nitrogen and oxygen atoms in total. The van der Waals surface area contributed by atoms with Gasteiger partial charge in [0.2, 0.25) is 0 Å². The number of hydrogen-bond acceptors (Lipinski definition) is 5. The van der Waals surface area contributed by atoms with Crippen molar-refractivity contribution in [3.63, 3.8) is 0 Å². The Bertz CT molecular complexity index is 56.7. The largest absolute Gasteiger partial charge is 0 e. The van der Waals surface area contributed by atoms with Crippen LogP contribution in [0.5, 0.6) is 0 Å². The minimum Gasteiger partial charge on any atom is 0 e. The third kappa shape index (κ3) is 36.2. The maximum absolute atomic E-state index is 7.74. The van der Waals surface area contributed by atoms with E-state index in [1.54, 1.807) is 0 Å². The van der Waals surface area contributed by atoms with Crippen LogP contribution in [-0.4, -0.2) is 177 Å². The van der Waals surface area contributed by atoms with Crippen molar-refractivity contribution in [1.82, 2.24) is 0 Å². The average molecular weight is 689 g/mol. The van der Waals surface area contributed by atoms with E-state index in [4.69, 9.17) is 20.1 Å². The molecule has 0 aliphatic rings. The molecule has 0 aromatic rings. The monoisotopic (exact) mass is 690 g/mol. The molecule has 0 amide bonds. The molecule has 62 valence electrons. The minimum absolute atomic E-state index is 0. The molecular formula is H13AlB2Ba2O5PbZn. The summed E-state index contributed by atoms with van der Waals surface area (Å²) >= 11 is 0. The van der Waals surface area contributed by atoms with E-state index in [0.717, 1.165) is 0 Å². The summed E-state index contributed by atoms with van der Waals surface area (Å²) in [7, 11) is -4.25. The van der Waals surface area contributed by atoms with Gasteiger partial charge in [-0.15, -0.1) is 0 Å². The van der Waals surface area contributed by atoms with Crippen LogP contribution in [0.1, 0.15) is 0 Å². The predicted molar refractivity (Wildman–Crippen MR) is 57.0 cm³/mol. The van der Waals surface area contributed by atoms with Crippen LogP contribution in [0.4, 0.5) is 0 Å². The van der Waals surface area contributed by atoms with Gasteiger partial charge in [-0.05, 0) is 0 Å². The fourth-order valence-electron chi connectivity index (χ4n) is 0.109. The smallest absolute Gasteiger partial charge is 0 e. The Hall–Kier alpha value is 5.15. The van der Waals surface area contributed by atoms with Crippen molar-refractivity contribution in [2.24, 2.45) is 0 Å². The Labute approximate surface area is 196 Å². The first-order chi connectivity index (χ1) is 3.13. The van der Waals surface area contributed by atoms with Crippen molar-refractivity contribution in [3.8, 4) is 0 Å². The normalized spacial score (nSPS) is 5.00. The Balaban J connectivity index is -0.0000000180. The van der Waals surface area contributed by atoms with Crippen LogP contribution in [0.3, 0.4) is 0 Å². The zero-order valence-electron chi connectivity index (χ0n) is 4.77. The first-order valence-corrected chi connectivity index (χ1v) is 1.50. The van der Waals surface area contributed by atoms with Crippen molar-refractivity contribution >= 4 is 157 Å². The third-order valence-corrected chi connectivity index (χ3v) is 0.243. The molecule has 0 heterocycles. The number of rotatable bonds is 2. The molecule has 2 radical (unpaired) electrons. The first kappa shape index (κ1) is 36.0. The van der Waals surface area contributed by atoms with E-state index in [2.05, 4.69) is 4.57 Å². The molecular weight excluding hydrogens is 676 g/mol. The van der Waals surface area contributed by atoms with Crippen molar-refractivity contribution in [2.45, 2.75) is 0 Å². The maximum Gasteiger partial charge on any atom is 0 e. The van der Waals surface area contributed by atoms with E-state index < -0.39 is 14.6 Å². The zero-order chi connectivity index (χ0) is 5.86. The predicted octanol–water partition coefficient (Wildman–Crippen LogP) is -6.99. The molecule has 0 unspecified atom stereocenters. The van der Waals surface area contributed by atoms with Crippen molar-refractivity contribution in [1.29, 1.82) is 0 Å². The van der Waals surface area contributed by atoms with Crippen molar-refractivity contribution in [3.05, 3.63) is 0 Å². The van der Waals surface area contributed by atoms with Gasteiger partial charge in [0, 0.05) is 19.5 Å². The fraction of sp³-hybridized carbons (Fsp3) is 0. The summed E-state index contributed by atoms with van der Waals surface area (Å²) in [5, 5.41) is 30.9. The molecule has 0 aromatic heterocycles. The summed E-state index contributed by atoms with van der Waals surface area (Å²) in [6, 6.07) is 0. The van der Waals surface area contributed by atoms with Gasteiger partial charge in [0.1, 0.15) is 0 Å². The SMILES string of the molecule is OB(O)OB(O)O.[AlH3].[BaH2].[BaH2].[PbH2].[Zn]. The van der Waals surface area contributed by atoms with Gasteiger partial charge in [-0.25, -0.2) is 0 Å². The van der Waals surface area contributed by atoms with Gasteiger partial charge in [0.05, 0.1) is 0 Å². The fourth-order valence-corrected chi connectivity index (χ4v) is 0.109. The van der Waals surface area contributed by atoms with Crippen LogP contribution in [0.2, 0.25) is 0 Å². The average Bonchev–Trinajstić information content (AvgIpc) is 1.27. The van der Waals surface area contributed by atoms with E-state index >= 15 is 0 Å². The molecule has 0 fully saturated rings. The Kier molecular flexibility index (Phi) is 75.3. The van der Waals surface area contributed by atoms with E-state index in [9.17, 15) is 0 Å². The Morgan fingerprint density at radius 2 is 1.00 bits per heavy atom. The van der Waals surface area contributed by atoms with Crippen molar-refractivity contribution < 1.29 is 44.1 Å². The van der Waals surface area contributed by atoms with Crippen LogP contribution >= 0.6 is 0 Å². The number of hydrogen-bond donors (Lipinski definition) is 4. The summed E-state index contributed by atoms with van der Waals surface area (Å²) in [5.41, 5.74) is 0. The topological polar surface area (TPSA) is 90.2 Å². The summed E-state index contributed by atoms with van der Waals surface area (Å²) in [5.74, 6) is 0. The van der Waals surface area contributed by atoms with E-state index in [1.807, 2.05) is 0 Å². The molecule has 0 saturated heterocycles. The summed E-state index contributed by atoms with van der Waals surface area (Å²) in [6.45, 7) is 0. The second-order valence-electron chi connectivity index (χ2n) is 0.789. The van der Waals surface area contributed by atoms with Crippen LogP contribution in [0.15, 0.2) is 0 Å². The molecule has 0 bridgehead atoms. The van der Waals surface area contributed by atoms with Gasteiger partial charge in [0.15, 0.2) is 17.4 Å². The van der Waals surface area contributed by atoms with Gasteiger partial charge < -0.3 is 24.7 Å². The van der Waals surface area contributed by atoms with E-state index in [0.29, 0.717) is 0 Å². The Morgan fingerprint density at radius 1 is 0.833 bits per heavy atom. The van der Waals surface area contributed by atoms with Crippen molar-refractivity contribution in [2.75, 3.05) is 0 Å². The molecule has 0 aliphatic carbocycles. The van der Waals surface area contributed by atoms with Gasteiger partial charge in [-0.1, -0.05) is 0 Å². The first-order valence-electron chi connectivity index (χ1n) is 1.50. The molecule has 0 saturated carbocycles. The molecule has 0 rings (SSSR count). The second-order valence-corrected chi connectivity index (χ2v) is 0.789. The molecule has 0 aromatic carbocycles. The molecule has 4 N–H and O–H groups in total. The minimum atomic E-state index is -2.13. The summed E-state index contributed by atoms with van der Waals surface area (Å²) < 4.78 is 3.47. The zero-order valence-corrected chi connectivity index (χ0v) is 13.2. The molecule has 0 spiro atoms. The van der Waals surface area contributed by atoms with Gasteiger partial charge in [-0.2, -0.15) is 0 Å². The van der Waals surface area contributed by atoms with Crippen LogP contribution in [0.25, 0.3) is 0 Å². The third-order valence-electron chi connectivity index (χ3n) is 0.243. The van der Waals surface area contributed by atoms with Crippen LogP contribution in [-0.2, 0) is 24.0 Å². The molecule has 12 heteroatoms. The summed E-state index contributed by atoms with van der Waals surface area (Å²) in [6.07, 6.45) is 0. The van der Waals surface area contributed by atoms with E-state index in [-0.39, 0.29) is 162 Å². The van der Waals surface area contributed by atoms with Crippen LogP contribution in [0, 0.1) is 0 Å². The Morgan fingerprint density at radius 3 is 1.00 bits per heavy atom. The standard InChI is InChI=1S/Al.B2H4O5.2Ba.Pb.Zn.9H/c;3-1(4)7-2(5)6;;;;;;;;;;;;;/h;3-6H;;;;;;;;;;;;;. The van der Waals surface area contributed by atoms with Gasteiger partial charge in [-0.3, -0.25) is 0 Å². The molecule has 12 heavy (non-hydrogen) atoms. The van der Waals surface area contributed by atoms with Gasteiger partial charge in [0.25, 0.3) is 0 Å². The van der Waals surface area contributed by atoms with Crippen LogP contribution < -0.4 is 0 Å². The van der Waals surface area contributed by atoms with E-state index in [1.165, 1.54) is 0 Å².